The summed E-state index contributed by atoms with van der Waals surface area (Å²) in [5.41, 5.74) is -1.04. The summed E-state index contributed by atoms with van der Waals surface area (Å²) >= 11 is 3.58. The van der Waals surface area contributed by atoms with Crippen LogP contribution in [0.3, 0.4) is 0 Å². The van der Waals surface area contributed by atoms with Crippen LogP contribution in [0.25, 0.3) is 0 Å². The van der Waals surface area contributed by atoms with Gasteiger partial charge in [0.25, 0.3) is 5.56 Å². The lowest BCUT2D eigenvalue weighted by Gasteiger charge is -2.14. The van der Waals surface area contributed by atoms with Crippen molar-refractivity contribution >= 4 is 12.9 Å². The van der Waals surface area contributed by atoms with E-state index in [0.29, 0.717) is 0 Å². The highest BCUT2D eigenvalue weighted by Gasteiger charge is 2.35. The van der Waals surface area contributed by atoms with Gasteiger partial charge in [0, 0.05) is 18.7 Å². The van der Waals surface area contributed by atoms with Gasteiger partial charge in [-0.1, -0.05) is 0 Å². The Labute approximate surface area is 102 Å². The second-order valence-electron chi connectivity index (χ2n) is 3.75. The largest absolute Gasteiger partial charge is 0.390 e. The molecule has 8 heteroatoms. The molecule has 0 spiro atoms. The maximum absolute atomic E-state index is 11.5. The molecule has 0 radical (unpaired) electrons. The summed E-state index contributed by atoms with van der Waals surface area (Å²) in [6, 6.07) is 1.22. The average molecular weight is 260 g/mol. The van der Waals surface area contributed by atoms with Crippen LogP contribution < -0.4 is 11.2 Å². The molecule has 1 aliphatic heterocycles. The fourth-order valence-corrected chi connectivity index (χ4v) is 1.91. The minimum Gasteiger partial charge on any atom is -0.390 e. The summed E-state index contributed by atoms with van der Waals surface area (Å²) in [7, 11) is 0. The quantitative estimate of drug-likeness (QED) is 0.481. The maximum atomic E-state index is 11.5. The van der Waals surface area contributed by atoms with E-state index in [9.17, 15) is 14.7 Å². The van der Waals surface area contributed by atoms with Gasteiger partial charge in [-0.2, -0.15) is 0 Å². The van der Waals surface area contributed by atoms with E-state index in [4.69, 9.17) is 4.74 Å². The van der Waals surface area contributed by atoms with Gasteiger partial charge in [-0.15, -0.1) is 0 Å². The first-order valence-electron chi connectivity index (χ1n) is 5.03. The van der Waals surface area contributed by atoms with E-state index in [1.807, 2.05) is 0 Å². The molecule has 94 valence electrons. The van der Waals surface area contributed by atoms with Gasteiger partial charge in [0.15, 0.2) is 0 Å². The predicted molar refractivity (Wildman–Crippen MR) is 60.8 cm³/mol. The van der Waals surface area contributed by atoms with Crippen molar-refractivity contribution in [2.24, 2.45) is 0 Å². The second-order valence-corrected chi connectivity index (χ2v) is 4.00. The Balaban J connectivity index is 2.19. The normalized spacial score (nSPS) is 28.5. The third-order valence-corrected chi connectivity index (χ3v) is 2.75. The van der Waals surface area contributed by atoms with Gasteiger partial charge in [-0.3, -0.25) is 14.3 Å². The van der Waals surface area contributed by atoms with Crippen LogP contribution in [0, 0.1) is 0 Å². The van der Waals surface area contributed by atoms with Crippen LogP contribution >= 0.6 is 12.9 Å². The monoisotopic (exact) mass is 260 g/mol. The smallest absolute Gasteiger partial charge is 0.330 e. The zero-order valence-electron chi connectivity index (χ0n) is 8.78. The van der Waals surface area contributed by atoms with E-state index in [1.165, 1.54) is 16.8 Å². The molecule has 0 aromatic carbocycles. The summed E-state index contributed by atoms with van der Waals surface area (Å²) in [6.07, 6.45) is -0.277. The minimum absolute atomic E-state index is 0.124. The van der Waals surface area contributed by atoms with Crippen LogP contribution in [0.15, 0.2) is 21.9 Å². The first-order valence-corrected chi connectivity index (χ1v) is 5.39. The van der Waals surface area contributed by atoms with Gasteiger partial charge in [0.1, 0.15) is 12.3 Å². The van der Waals surface area contributed by atoms with E-state index in [1.54, 1.807) is 0 Å². The van der Waals surface area contributed by atoms with Gasteiger partial charge >= 0.3 is 5.69 Å². The highest BCUT2D eigenvalue weighted by molar-refractivity contribution is 7.75. The van der Waals surface area contributed by atoms with Crippen molar-refractivity contribution in [2.45, 2.75) is 24.9 Å². The lowest BCUT2D eigenvalue weighted by molar-refractivity contribution is -0.0376. The fourth-order valence-electron chi connectivity index (χ4n) is 1.76. The van der Waals surface area contributed by atoms with Crippen LogP contribution in [0.5, 0.6) is 0 Å². The Morgan fingerprint density at radius 1 is 1.65 bits per heavy atom. The Hall–Kier alpha value is -1.09. The molecule has 1 aliphatic rings. The molecule has 1 aromatic heterocycles. The van der Waals surface area contributed by atoms with Crippen molar-refractivity contribution in [1.82, 2.24) is 9.55 Å². The number of nitrogens with one attached hydrogen (secondary N) is 1. The van der Waals surface area contributed by atoms with E-state index >= 15 is 0 Å². The van der Waals surface area contributed by atoms with Crippen molar-refractivity contribution in [1.29, 1.82) is 0 Å². The standard InChI is InChI=1S/C9H12N2O5S/c12-5-3-8(16-6(5)4-15-17)11-2-1-7(13)10-9(11)14/h1-2,5-6,8,12,17H,3-4H2,(H,10,13,14)/t5-,6+,8+/m0/s1. The zero-order valence-corrected chi connectivity index (χ0v) is 9.67. The van der Waals surface area contributed by atoms with Gasteiger partial charge in [0.05, 0.1) is 12.7 Å². The lowest BCUT2D eigenvalue weighted by atomic mass is 10.2. The third kappa shape index (κ3) is 2.60. The maximum Gasteiger partial charge on any atom is 0.330 e. The minimum atomic E-state index is -0.731. The van der Waals surface area contributed by atoms with Gasteiger partial charge in [0.2, 0.25) is 0 Å². The number of H-pyrrole nitrogens is 1. The molecule has 1 aromatic rings. The molecule has 0 aliphatic carbocycles. The highest BCUT2D eigenvalue weighted by atomic mass is 32.1. The molecule has 2 heterocycles. The van der Waals surface area contributed by atoms with Crippen molar-refractivity contribution in [3.05, 3.63) is 33.1 Å². The van der Waals surface area contributed by atoms with Gasteiger partial charge < -0.3 is 14.0 Å². The second kappa shape index (κ2) is 5.05. The van der Waals surface area contributed by atoms with Crippen molar-refractivity contribution in [3.8, 4) is 0 Å². The predicted octanol–water partition coefficient (Wildman–Crippen LogP) is -0.954. The number of aliphatic hydroxyl groups is 1. The van der Waals surface area contributed by atoms with E-state index in [0.717, 1.165) is 0 Å². The first-order chi connectivity index (χ1) is 8.11. The number of thiol groups is 1. The summed E-state index contributed by atoms with van der Waals surface area (Å²) in [6.45, 7) is 0.124. The Kier molecular flexibility index (Phi) is 3.67. The van der Waals surface area contributed by atoms with Crippen LogP contribution in [0.4, 0.5) is 0 Å². The molecule has 2 rings (SSSR count). The molecule has 0 saturated carbocycles. The molecular formula is C9H12N2O5S. The molecular weight excluding hydrogens is 248 g/mol. The van der Waals surface area contributed by atoms with Crippen LogP contribution in [-0.2, 0) is 8.92 Å². The van der Waals surface area contributed by atoms with Crippen LogP contribution in [0.1, 0.15) is 12.6 Å². The zero-order chi connectivity index (χ0) is 12.4. The number of aromatic amines is 1. The number of aromatic nitrogens is 2. The molecule has 2 N–H and O–H groups in total. The Bertz CT molecular complexity index is 499. The first kappa shape index (κ1) is 12.4. The molecule has 0 bridgehead atoms. The average Bonchev–Trinajstić information content (AvgIpc) is 2.60. The summed E-state index contributed by atoms with van der Waals surface area (Å²) in [5.74, 6) is 0. The van der Waals surface area contributed by atoms with E-state index in [2.05, 4.69) is 22.1 Å². The van der Waals surface area contributed by atoms with Gasteiger partial charge in [-0.25, -0.2) is 4.79 Å². The van der Waals surface area contributed by atoms with Crippen molar-refractivity contribution < 1.29 is 14.0 Å². The lowest BCUT2D eigenvalue weighted by Crippen LogP contribution is -2.31. The number of aliphatic hydroxyl groups excluding tert-OH is 1. The number of nitrogens with zero attached hydrogens (tertiary/aromatic N) is 1. The molecule has 0 unspecified atom stereocenters. The number of hydrogen-bond donors (Lipinski definition) is 3. The third-order valence-electron chi connectivity index (χ3n) is 2.60. The van der Waals surface area contributed by atoms with Gasteiger partial charge in [-0.05, 0) is 12.9 Å². The molecule has 1 saturated heterocycles. The molecule has 1 fully saturated rings. The van der Waals surface area contributed by atoms with Crippen LogP contribution in [0.2, 0.25) is 0 Å². The summed E-state index contributed by atoms with van der Waals surface area (Å²) < 4.78 is 11.3. The summed E-state index contributed by atoms with van der Waals surface area (Å²) in [5, 5.41) is 9.67. The molecule has 7 nitrogen and oxygen atoms in total. The SMILES string of the molecule is O=c1ccn([C@H]2C[C@H](O)[C@@H](COS)O2)c(=O)[nH]1. The van der Waals surface area contributed by atoms with Crippen LogP contribution in [-0.4, -0.2) is 33.5 Å². The van der Waals surface area contributed by atoms with Crippen molar-refractivity contribution in [3.63, 3.8) is 0 Å². The highest BCUT2D eigenvalue weighted by Crippen LogP contribution is 2.27. The topological polar surface area (TPSA) is 93.6 Å². The number of hydrogen-bond acceptors (Lipinski definition) is 6. The Morgan fingerprint density at radius 3 is 3.06 bits per heavy atom. The molecule has 17 heavy (non-hydrogen) atoms. The fraction of sp³-hybridized carbons (Fsp3) is 0.556. The summed E-state index contributed by atoms with van der Waals surface area (Å²) in [4.78, 5) is 24.5. The number of ether oxygens (including phenoxy) is 1. The van der Waals surface area contributed by atoms with Crippen molar-refractivity contribution in [2.75, 3.05) is 6.61 Å². The molecule has 0 amide bonds. The Morgan fingerprint density at radius 2 is 2.41 bits per heavy atom. The van der Waals surface area contributed by atoms with E-state index in [-0.39, 0.29) is 13.0 Å². The van der Waals surface area contributed by atoms with E-state index < -0.39 is 29.7 Å². The number of rotatable bonds is 3. The molecule has 3 atom stereocenters.